The number of benzene rings is 1. The zero-order valence-corrected chi connectivity index (χ0v) is 11.0. The maximum absolute atomic E-state index is 11.6. The highest BCUT2D eigenvalue weighted by atomic mass is 16.5. The minimum atomic E-state index is -0.120. The second-order valence-corrected chi connectivity index (χ2v) is 5.21. The first-order chi connectivity index (χ1) is 8.70. The fourth-order valence-electron chi connectivity index (χ4n) is 2.92. The van der Waals surface area contributed by atoms with Crippen LogP contribution in [0.1, 0.15) is 43.7 Å². The first-order valence-corrected chi connectivity index (χ1v) is 6.84. The molecule has 1 unspecified atom stereocenters. The van der Waals surface area contributed by atoms with Crippen LogP contribution in [0.25, 0.3) is 0 Å². The molecular weight excluding hydrogens is 226 g/mol. The van der Waals surface area contributed by atoms with Crippen LogP contribution in [0, 0.1) is 0 Å². The number of carbonyl (C=O) groups is 1. The van der Waals surface area contributed by atoms with Crippen LogP contribution in [-0.4, -0.2) is 19.1 Å². The van der Waals surface area contributed by atoms with Crippen molar-refractivity contribution in [1.82, 2.24) is 0 Å². The molecular formula is C15H19NO2. The lowest BCUT2D eigenvalue weighted by atomic mass is 9.98. The second kappa shape index (κ2) is 4.30. The molecule has 0 saturated carbocycles. The summed E-state index contributed by atoms with van der Waals surface area (Å²) in [5, 5.41) is 0. The summed E-state index contributed by atoms with van der Waals surface area (Å²) in [7, 11) is 0. The highest BCUT2D eigenvalue weighted by molar-refractivity contribution is 5.86. The molecule has 3 heteroatoms. The third-order valence-electron chi connectivity index (χ3n) is 4.07. The Morgan fingerprint density at radius 2 is 2.06 bits per heavy atom. The molecule has 3 rings (SSSR count). The molecule has 18 heavy (non-hydrogen) atoms. The number of hydrogen-bond acceptors (Lipinski definition) is 3. The zero-order chi connectivity index (χ0) is 12.7. The number of carbonyl (C=O) groups excluding carboxylic acids is 1. The van der Waals surface area contributed by atoms with E-state index in [1.165, 1.54) is 24.1 Å². The minimum absolute atomic E-state index is 0.113. The van der Waals surface area contributed by atoms with Gasteiger partial charge in [0.15, 0.2) is 0 Å². The van der Waals surface area contributed by atoms with Crippen LogP contribution >= 0.6 is 0 Å². The first-order valence-electron chi connectivity index (χ1n) is 6.84. The van der Waals surface area contributed by atoms with Crippen molar-refractivity contribution in [3.8, 4) is 5.75 Å². The van der Waals surface area contributed by atoms with Crippen LogP contribution in [0.5, 0.6) is 5.75 Å². The van der Waals surface area contributed by atoms with Gasteiger partial charge < -0.3 is 9.64 Å². The van der Waals surface area contributed by atoms with Crippen LogP contribution in [-0.2, 0) is 11.2 Å². The smallest absolute Gasteiger partial charge is 0.318 e. The first kappa shape index (κ1) is 11.6. The Hall–Kier alpha value is -1.51. The van der Waals surface area contributed by atoms with E-state index in [0.29, 0.717) is 0 Å². The molecule has 0 aliphatic carbocycles. The van der Waals surface area contributed by atoms with Gasteiger partial charge in [-0.1, -0.05) is 6.92 Å². The molecule has 0 N–H and O–H groups in total. The Balaban J connectivity index is 2.05. The summed E-state index contributed by atoms with van der Waals surface area (Å²) in [6, 6.07) is 4.24. The summed E-state index contributed by atoms with van der Waals surface area (Å²) in [4.78, 5) is 14.0. The minimum Gasteiger partial charge on any atom is -0.426 e. The fourth-order valence-corrected chi connectivity index (χ4v) is 2.92. The van der Waals surface area contributed by atoms with E-state index in [0.717, 1.165) is 30.8 Å². The van der Waals surface area contributed by atoms with E-state index >= 15 is 0 Å². The summed E-state index contributed by atoms with van der Waals surface area (Å²) in [6.45, 7) is 6.33. The number of esters is 1. The molecule has 0 amide bonds. The van der Waals surface area contributed by atoms with E-state index < -0.39 is 0 Å². The van der Waals surface area contributed by atoms with E-state index in [1.54, 1.807) is 0 Å². The van der Waals surface area contributed by atoms with Crippen molar-refractivity contribution in [3.05, 3.63) is 23.3 Å². The lowest BCUT2D eigenvalue weighted by Gasteiger charge is -2.22. The van der Waals surface area contributed by atoms with Gasteiger partial charge in [-0.25, -0.2) is 0 Å². The van der Waals surface area contributed by atoms with E-state index in [4.69, 9.17) is 4.74 Å². The average Bonchev–Trinajstić information content (AvgIpc) is 2.98. The summed E-state index contributed by atoms with van der Waals surface area (Å²) in [5.74, 6) is 0.537. The van der Waals surface area contributed by atoms with E-state index in [1.807, 2.05) is 6.92 Å². The van der Waals surface area contributed by atoms with E-state index in [2.05, 4.69) is 24.0 Å². The van der Waals surface area contributed by atoms with Crippen LogP contribution in [0.4, 0.5) is 5.69 Å². The normalized spacial score (nSPS) is 22.2. The van der Waals surface area contributed by atoms with Gasteiger partial charge in [0, 0.05) is 30.4 Å². The highest BCUT2D eigenvalue weighted by Gasteiger charge is 2.31. The van der Waals surface area contributed by atoms with Crippen molar-refractivity contribution in [2.24, 2.45) is 0 Å². The van der Waals surface area contributed by atoms with Crippen molar-refractivity contribution in [3.63, 3.8) is 0 Å². The molecule has 96 valence electrons. The number of anilines is 1. The third-order valence-corrected chi connectivity index (χ3v) is 4.07. The molecule has 0 aromatic heterocycles. The van der Waals surface area contributed by atoms with Gasteiger partial charge >= 0.3 is 5.97 Å². The number of fused-ring (bicyclic) bond motifs is 1. The van der Waals surface area contributed by atoms with Gasteiger partial charge in [-0.3, -0.25) is 4.79 Å². The average molecular weight is 245 g/mol. The molecule has 0 spiro atoms. The molecule has 1 saturated heterocycles. The quantitative estimate of drug-likeness (QED) is 0.592. The van der Waals surface area contributed by atoms with Gasteiger partial charge in [-0.2, -0.15) is 0 Å². The summed E-state index contributed by atoms with van der Waals surface area (Å²) in [5.41, 5.74) is 3.65. The SMILES string of the molecule is CCc1cc2c(cc1N1CCCC1)OC(=O)C2C. The van der Waals surface area contributed by atoms with Crippen molar-refractivity contribution in [2.45, 2.75) is 39.0 Å². The second-order valence-electron chi connectivity index (χ2n) is 5.21. The molecule has 1 aromatic carbocycles. The maximum Gasteiger partial charge on any atom is 0.318 e. The van der Waals surface area contributed by atoms with Crippen molar-refractivity contribution >= 4 is 11.7 Å². The summed E-state index contributed by atoms with van der Waals surface area (Å²) >= 11 is 0. The number of hydrogen-bond donors (Lipinski definition) is 0. The third kappa shape index (κ3) is 1.69. The summed E-state index contributed by atoms with van der Waals surface area (Å²) in [6.07, 6.45) is 3.52. The van der Waals surface area contributed by atoms with Crippen LogP contribution in [0.3, 0.4) is 0 Å². The summed E-state index contributed by atoms with van der Waals surface area (Å²) < 4.78 is 5.35. The molecule has 0 bridgehead atoms. The highest BCUT2D eigenvalue weighted by Crippen LogP contribution is 2.40. The van der Waals surface area contributed by atoms with Crippen molar-refractivity contribution in [2.75, 3.05) is 18.0 Å². The van der Waals surface area contributed by atoms with Gasteiger partial charge in [-0.15, -0.1) is 0 Å². The zero-order valence-electron chi connectivity index (χ0n) is 11.0. The van der Waals surface area contributed by atoms with Crippen molar-refractivity contribution < 1.29 is 9.53 Å². The van der Waals surface area contributed by atoms with Crippen LogP contribution in [0.15, 0.2) is 12.1 Å². The lowest BCUT2D eigenvalue weighted by molar-refractivity contribution is -0.133. The molecule has 2 aliphatic rings. The molecule has 2 heterocycles. The fraction of sp³-hybridized carbons (Fsp3) is 0.533. The van der Waals surface area contributed by atoms with Gasteiger partial charge in [0.1, 0.15) is 5.75 Å². The van der Waals surface area contributed by atoms with Gasteiger partial charge in [0.2, 0.25) is 0 Å². The van der Waals surface area contributed by atoms with Gasteiger partial charge in [0.05, 0.1) is 5.92 Å². The van der Waals surface area contributed by atoms with Gasteiger partial charge in [0.25, 0.3) is 0 Å². The Kier molecular flexibility index (Phi) is 2.77. The van der Waals surface area contributed by atoms with Crippen molar-refractivity contribution in [1.29, 1.82) is 0 Å². The Labute approximate surface area is 108 Å². The van der Waals surface area contributed by atoms with E-state index in [-0.39, 0.29) is 11.9 Å². The topological polar surface area (TPSA) is 29.5 Å². The largest absolute Gasteiger partial charge is 0.426 e. The standard InChI is InChI=1S/C15H19NO2/c1-3-11-8-12-10(2)15(17)18-14(12)9-13(11)16-6-4-5-7-16/h8-10H,3-7H2,1-2H3. The molecule has 3 nitrogen and oxygen atoms in total. The van der Waals surface area contributed by atoms with E-state index in [9.17, 15) is 4.79 Å². The lowest BCUT2D eigenvalue weighted by Crippen LogP contribution is -2.19. The van der Waals surface area contributed by atoms with Crippen LogP contribution in [0.2, 0.25) is 0 Å². The van der Waals surface area contributed by atoms with Crippen LogP contribution < -0.4 is 9.64 Å². The number of nitrogens with zero attached hydrogens (tertiary/aromatic N) is 1. The molecule has 1 fully saturated rings. The molecule has 1 atom stereocenters. The molecule has 0 radical (unpaired) electrons. The number of aryl methyl sites for hydroxylation is 1. The predicted octanol–water partition coefficient (Wildman–Crippen LogP) is 2.87. The number of ether oxygens (including phenoxy) is 1. The molecule has 2 aliphatic heterocycles. The Morgan fingerprint density at radius 1 is 1.33 bits per heavy atom. The number of rotatable bonds is 2. The monoisotopic (exact) mass is 245 g/mol. The van der Waals surface area contributed by atoms with Gasteiger partial charge in [-0.05, 0) is 37.8 Å². The maximum atomic E-state index is 11.6. The molecule has 1 aromatic rings. The predicted molar refractivity (Wildman–Crippen MR) is 71.3 cm³/mol. The Morgan fingerprint density at radius 3 is 2.72 bits per heavy atom. The Bertz CT molecular complexity index is 490.